The van der Waals surface area contributed by atoms with Gasteiger partial charge in [0, 0.05) is 25.6 Å². The first-order valence-electron chi connectivity index (χ1n) is 8.35. The van der Waals surface area contributed by atoms with Gasteiger partial charge in [0.2, 0.25) is 0 Å². The molecule has 0 aliphatic carbocycles. The first-order valence-corrected chi connectivity index (χ1v) is 8.35. The third kappa shape index (κ3) is 4.31. The normalized spacial score (nSPS) is 11.0. The molecule has 0 saturated heterocycles. The van der Waals surface area contributed by atoms with Crippen molar-refractivity contribution in [2.75, 3.05) is 13.6 Å². The van der Waals surface area contributed by atoms with Gasteiger partial charge in [-0.25, -0.2) is 4.99 Å². The van der Waals surface area contributed by atoms with E-state index in [9.17, 15) is 4.79 Å². The molecule has 0 aliphatic rings. The molecule has 0 saturated carbocycles. The number of benzene rings is 2. The number of hydrogen-bond acceptors (Lipinski definition) is 2. The maximum absolute atomic E-state index is 12.7. The zero-order valence-electron chi connectivity index (χ0n) is 15.3. The van der Waals surface area contributed by atoms with E-state index < -0.39 is 0 Å². The van der Waals surface area contributed by atoms with Gasteiger partial charge in [-0.3, -0.25) is 4.79 Å². The fourth-order valence-corrected chi connectivity index (χ4v) is 2.56. The van der Waals surface area contributed by atoms with Gasteiger partial charge in [0.1, 0.15) is 0 Å². The van der Waals surface area contributed by atoms with Crippen molar-refractivity contribution in [2.24, 2.45) is 4.99 Å². The Morgan fingerprint density at radius 1 is 1.08 bits per heavy atom. The summed E-state index contributed by atoms with van der Waals surface area (Å²) in [6.07, 6.45) is 2.27. The van der Waals surface area contributed by atoms with Crippen molar-refractivity contribution in [3.8, 4) is 0 Å². The molecule has 126 valence electrons. The highest BCUT2D eigenvalue weighted by atomic mass is 16.1. The van der Waals surface area contributed by atoms with E-state index >= 15 is 0 Å². The Hall–Kier alpha value is -2.42. The summed E-state index contributed by atoms with van der Waals surface area (Å²) in [6.45, 7) is 9.02. The number of Topliss-reactive ketones (excluding diaryl/α,β-unsaturated/α-hetero) is 1. The van der Waals surface area contributed by atoms with Gasteiger partial charge in [-0.2, -0.15) is 0 Å². The quantitative estimate of drug-likeness (QED) is 0.440. The standard InChI is InChI=1S/C21H26N2O/c1-6-23(5)14-22-20-12-16(3)19(11-17(20)4)21(24)13-18-10-8-7-9-15(18)2/h7-12,14H,6,13H2,1-5H3/b22-14+. The summed E-state index contributed by atoms with van der Waals surface area (Å²) in [7, 11) is 1.99. The van der Waals surface area contributed by atoms with Crippen molar-refractivity contribution in [3.05, 3.63) is 64.2 Å². The number of carbonyl (C=O) groups is 1. The molecular formula is C21H26N2O. The first kappa shape index (κ1) is 17.9. The summed E-state index contributed by atoms with van der Waals surface area (Å²) in [5.74, 6) is 0.158. The number of aryl methyl sites for hydroxylation is 3. The second kappa shape index (κ2) is 7.91. The second-order valence-electron chi connectivity index (χ2n) is 6.30. The lowest BCUT2D eigenvalue weighted by Crippen LogP contribution is -2.14. The molecule has 3 nitrogen and oxygen atoms in total. The van der Waals surface area contributed by atoms with E-state index in [-0.39, 0.29) is 5.78 Å². The van der Waals surface area contributed by atoms with E-state index in [0.717, 1.165) is 40.0 Å². The van der Waals surface area contributed by atoms with Gasteiger partial charge in [-0.15, -0.1) is 0 Å². The Balaban J connectivity index is 2.25. The second-order valence-corrected chi connectivity index (χ2v) is 6.30. The van der Waals surface area contributed by atoms with Crippen LogP contribution in [0.5, 0.6) is 0 Å². The monoisotopic (exact) mass is 322 g/mol. The molecule has 2 rings (SSSR count). The van der Waals surface area contributed by atoms with Crippen LogP contribution in [0.1, 0.15) is 39.5 Å². The van der Waals surface area contributed by atoms with Crippen LogP contribution in [0.25, 0.3) is 0 Å². The van der Waals surface area contributed by atoms with Crippen LogP contribution in [0.2, 0.25) is 0 Å². The van der Waals surface area contributed by atoms with Crippen molar-refractivity contribution < 1.29 is 4.79 Å². The molecule has 0 fully saturated rings. The highest BCUT2D eigenvalue weighted by molar-refractivity contribution is 5.99. The summed E-state index contributed by atoms with van der Waals surface area (Å²) in [6, 6.07) is 12.0. The van der Waals surface area contributed by atoms with Gasteiger partial charge in [0.05, 0.1) is 12.0 Å². The molecule has 0 bridgehead atoms. The number of ketones is 1. The van der Waals surface area contributed by atoms with Crippen LogP contribution in [-0.2, 0) is 6.42 Å². The average molecular weight is 322 g/mol. The maximum Gasteiger partial charge on any atom is 0.167 e. The summed E-state index contributed by atoms with van der Waals surface area (Å²) < 4.78 is 0. The highest BCUT2D eigenvalue weighted by Crippen LogP contribution is 2.24. The lowest BCUT2D eigenvalue weighted by molar-refractivity contribution is 0.0992. The lowest BCUT2D eigenvalue weighted by Gasteiger charge is -2.12. The molecule has 0 unspecified atom stereocenters. The predicted octanol–water partition coefficient (Wildman–Crippen LogP) is 4.65. The molecule has 3 heteroatoms. The number of aliphatic imine (C=N–C) groups is 1. The average Bonchev–Trinajstić information content (AvgIpc) is 2.56. The van der Waals surface area contributed by atoms with Gasteiger partial charge in [0.25, 0.3) is 0 Å². The highest BCUT2D eigenvalue weighted by Gasteiger charge is 2.13. The molecule has 0 heterocycles. The lowest BCUT2D eigenvalue weighted by atomic mass is 9.95. The SMILES string of the molecule is CCN(C)/C=N/c1cc(C)c(C(=O)Cc2ccccc2C)cc1C. The van der Waals surface area contributed by atoms with Crippen LogP contribution in [0.3, 0.4) is 0 Å². The van der Waals surface area contributed by atoms with E-state index in [4.69, 9.17) is 0 Å². The summed E-state index contributed by atoms with van der Waals surface area (Å²) in [4.78, 5) is 19.3. The Labute approximate surface area is 145 Å². The predicted molar refractivity (Wildman–Crippen MR) is 102 cm³/mol. The molecule has 0 amide bonds. The van der Waals surface area contributed by atoms with Gasteiger partial charge < -0.3 is 4.90 Å². The van der Waals surface area contributed by atoms with Crippen molar-refractivity contribution >= 4 is 17.8 Å². The van der Waals surface area contributed by atoms with Crippen molar-refractivity contribution in [1.29, 1.82) is 0 Å². The Bertz CT molecular complexity index is 762. The van der Waals surface area contributed by atoms with E-state index in [1.54, 1.807) is 0 Å². The molecule has 2 aromatic rings. The van der Waals surface area contributed by atoms with Gasteiger partial charge in [-0.05, 0) is 62.1 Å². The van der Waals surface area contributed by atoms with Crippen LogP contribution in [-0.4, -0.2) is 30.6 Å². The molecule has 0 N–H and O–H groups in total. The smallest absolute Gasteiger partial charge is 0.167 e. The van der Waals surface area contributed by atoms with E-state index in [1.807, 2.05) is 75.5 Å². The largest absolute Gasteiger partial charge is 0.366 e. The molecule has 0 radical (unpaired) electrons. The summed E-state index contributed by atoms with van der Waals surface area (Å²) in [5.41, 5.74) is 5.95. The Kier molecular flexibility index (Phi) is 5.91. The zero-order valence-corrected chi connectivity index (χ0v) is 15.3. The number of carbonyl (C=O) groups excluding carboxylic acids is 1. The molecular weight excluding hydrogens is 296 g/mol. The number of nitrogens with zero attached hydrogens (tertiary/aromatic N) is 2. The summed E-state index contributed by atoms with van der Waals surface area (Å²) in [5, 5.41) is 0. The van der Waals surface area contributed by atoms with Crippen molar-refractivity contribution in [3.63, 3.8) is 0 Å². The van der Waals surface area contributed by atoms with Crippen LogP contribution < -0.4 is 0 Å². The van der Waals surface area contributed by atoms with Gasteiger partial charge in [0.15, 0.2) is 5.78 Å². The molecule has 0 aliphatic heterocycles. The fourth-order valence-electron chi connectivity index (χ4n) is 2.56. The molecule has 0 spiro atoms. The number of rotatable bonds is 6. The minimum absolute atomic E-state index is 0.158. The van der Waals surface area contributed by atoms with E-state index in [2.05, 4.69) is 11.9 Å². The fraction of sp³-hybridized carbons (Fsp3) is 0.333. The summed E-state index contributed by atoms with van der Waals surface area (Å²) >= 11 is 0. The van der Waals surface area contributed by atoms with Crippen LogP contribution in [0, 0.1) is 20.8 Å². The first-order chi connectivity index (χ1) is 11.4. The zero-order chi connectivity index (χ0) is 17.7. The number of hydrogen-bond donors (Lipinski definition) is 0. The molecule has 2 aromatic carbocycles. The van der Waals surface area contributed by atoms with E-state index in [0.29, 0.717) is 6.42 Å². The van der Waals surface area contributed by atoms with Gasteiger partial charge in [-0.1, -0.05) is 24.3 Å². The van der Waals surface area contributed by atoms with E-state index in [1.165, 1.54) is 0 Å². The maximum atomic E-state index is 12.7. The Morgan fingerprint density at radius 2 is 1.79 bits per heavy atom. The molecule has 24 heavy (non-hydrogen) atoms. The molecule has 0 aromatic heterocycles. The van der Waals surface area contributed by atoms with Gasteiger partial charge >= 0.3 is 0 Å². The van der Waals surface area contributed by atoms with Crippen LogP contribution in [0.15, 0.2) is 41.4 Å². The minimum Gasteiger partial charge on any atom is -0.366 e. The van der Waals surface area contributed by atoms with Crippen LogP contribution in [0.4, 0.5) is 5.69 Å². The third-order valence-electron chi connectivity index (χ3n) is 4.35. The minimum atomic E-state index is 0.158. The topological polar surface area (TPSA) is 32.7 Å². The third-order valence-corrected chi connectivity index (χ3v) is 4.35. The van der Waals surface area contributed by atoms with Crippen LogP contribution >= 0.6 is 0 Å². The van der Waals surface area contributed by atoms with Crippen molar-refractivity contribution in [2.45, 2.75) is 34.1 Å². The molecule has 0 atom stereocenters. The van der Waals surface area contributed by atoms with Crippen molar-refractivity contribution in [1.82, 2.24) is 4.90 Å². The Morgan fingerprint density at radius 3 is 2.46 bits per heavy atom.